The summed E-state index contributed by atoms with van der Waals surface area (Å²) in [6.45, 7) is 4.58. The lowest BCUT2D eigenvalue weighted by molar-refractivity contribution is -0.151. The van der Waals surface area contributed by atoms with Crippen molar-refractivity contribution in [3.8, 4) is 0 Å². The van der Waals surface area contributed by atoms with Crippen LogP contribution < -0.4 is 0 Å². The second-order valence-electron chi connectivity index (χ2n) is 5.72. The first kappa shape index (κ1) is 16.2. The molecule has 0 aromatic heterocycles. The summed E-state index contributed by atoms with van der Waals surface area (Å²) in [4.78, 5) is 11.4. The minimum Gasteiger partial charge on any atom is -0.479 e. The minimum atomic E-state index is -0.927. The van der Waals surface area contributed by atoms with Gasteiger partial charge in [0, 0.05) is 6.42 Å². The van der Waals surface area contributed by atoms with Crippen LogP contribution in [0, 0.1) is 0 Å². The van der Waals surface area contributed by atoms with Crippen molar-refractivity contribution in [2.24, 2.45) is 0 Å². The molecule has 3 nitrogen and oxygen atoms in total. The molecule has 0 radical (unpaired) electrons. The average molecular weight is 298 g/mol. The lowest BCUT2D eigenvalue weighted by atomic mass is 10.00. The predicted octanol–water partition coefficient (Wildman–Crippen LogP) is 4.02. The van der Waals surface area contributed by atoms with Gasteiger partial charge < -0.3 is 9.84 Å². The highest BCUT2D eigenvalue weighted by molar-refractivity contribution is 5.72. The van der Waals surface area contributed by atoms with Crippen LogP contribution in [0.1, 0.15) is 36.5 Å². The summed E-state index contributed by atoms with van der Waals surface area (Å²) in [5, 5.41) is 9.33. The number of hydrogen-bond acceptors (Lipinski definition) is 2. The predicted molar refractivity (Wildman–Crippen MR) is 86.9 cm³/mol. The zero-order valence-corrected chi connectivity index (χ0v) is 13.0. The Morgan fingerprint density at radius 2 is 1.64 bits per heavy atom. The van der Waals surface area contributed by atoms with Crippen LogP contribution in [0.25, 0.3) is 0 Å². The summed E-state index contributed by atoms with van der Waals surface area (Å²) in [6.07, 6.45) is -0.453. The van der Waals surface area contributed by atoms with Crippen molar-refractivity contribution < 1.29 is 14.6 Å². The fourth-order valence-electron chi connectivity index (χ4n) is 2.24. The van der Waals surface area contributed by atoms with Gasteiger partial charge in [-0.3, -0.25) is 0 Å². The summed E-state index contributed by atoms with van der Waals surface area (Å²) < 4.78 is 5.57. The summed E-state index contributed by atoms with van der Waals surface area (Å²) >= 11 is 0. The molecule has 0 bridgehead atoms. The van der Waals surface area contributed by atoms with E-state index < -0.39 is 12.1 Å². The number of hydrogen-bond donors (Lipinski definition) is 1. The van der Waals surface area contributed by atoms with Crippen molar-refractivity contribution in [3.63, 3.8) is 0 Å². The zero-order chi connectivity index (χ0) is 15.9. The first-order chi connectivity index (χ1) is 10.6. The largest absolute Gasteiger partial charge is 0.479 e. The van der Waals surface area contributed by atoms with E-state index in [0.29, 0.717) is 18.9 Å². The smallest absolute Gasteiger partial charge is 0.333 e. The zero-order valence-electron chi connectivity index (χ0n) is 13.0. The second-order valence-corrected chi connectivity index (χ2v) is 5.72. The Hall–Kier alpha value is -2.13. The van der Waals surface area contributed by atoms with E-state index in [2.05, 4.69) is 26.0 Å². The lowest BCUT2D eigenvalue weighted by Gasteiger charge is -2.14. The van der Waals surface area contributed by atoms with Crippen LogP contribution in [0.15, 0.2) is 54.6 Å². The summed E-state index contributed by atoms with van der Waals surface area (Å²) in [5.41, 5.74) is 3.20. The van der Waals surface area contributed by atoms with Crippen LogP contribution in [0.4, 0.5) is 0 Å². The van der Waals surface area contributed by atoms with E-state index in [-0.39, 0.29) is 0 Å². The fraction of sp³-hybridized carbons (Fsp3) is 0.316. The lowest BCUT2D eigenvalue weighted by Crippen LogP contribution is -2.26. The van der Waals surface area contributed by atoms with Gasteiger partial charge in [0.25, 0.3) is 0 Å². The van der Waals surface area contributed by atoms with E-state index in [0.717, 1.165) is 11.1 Å². The van der Waals surface area contributed by atoms with E-state index >= 15 is 0 Å². The van der Waals surface area contributed by atoms with E-state index in [1.165, 1.54) is 5.56 Å². The van der Waals surface area contributed by atoms with Crippen LogP contribution in [0.5, 0.6) is 0 Å². The van der Waals surface area contributed by atoms with E-state index in [9.17, 15) is 9.90 Å². The van der Waals surface area contributed by atoms with Crippen molar-refractivity contribution >= 4 is 5.97 Å². The Morgan fingerprint density at radius 1 is 1.00 bits per heavy atom. The molecule has 0 aliphatic rings. The Kier molecular flexibility index (Phi) is 5.73. The Bertz CT molecular complexity index is 588. The summed E-state index contributed by atoms with van der Waals surface area (Å²) in [7, 11) is 0. The number of rotatable bonds is 7. The molecule has 2 aromatic carbocycles. The number of benzene rings is 2. The highest BCUT2D eigenvalue weighted by Gasteiger charge is 2.18. The van der Waals surface area contributed by atoms with Gasteiger partial charge in [-0.15, -0.1) is 0 Å². The molecule has 3 heteroatoms. The molecular weight excluding hydrogens is 276 g/mol. The monoisotopic (exact) mass is 298 g/mol. The molecule has 0 fully saturated rings. The number of aliphatic carboxylic acids is 1. The quantitative estimate of drug-likeness (QED) is 0.839. The van der Waals surface area contributed by atoms with E-state index in [1.54, 1.807) is 0 Å². The molecular formula is C19H22O3. The summed E-state index contributed by atoms with van der Waals surface area (Å²) in [5.74, 6) is -0.456. The van der Waals surface area contributed by atoms with Gasteiger partial charge in [-0.1, -0.05) is 68.4 Å². The maximum atomic E-state index is 11.4. The van der Waals surface area contributed by atoms with Gasteiger partial charge in [0.2, 0.25) is 0 Å². The van der Waals surface area contributed by atoms with Crippen LogP contribution in [0.2, 0.25) is 0 Å². The van der Waals surface area contributed by atoms with Crippen LogP contribution in [0.3, 0.4) is 0 Å². The fourth-order valence-corrected chi connectivity index (χ4v) is 2.24. The molecule has 0 saturated heterocycles. The molecule has 1 unspecified atom stereocenters. The standard InChI is InChI=1S/C19H22O3/c1-14(2)17-10-8-15(9-11-17)12-18(19(20)21)22-13-16-6-4-3-5-7-16/h3-11,14,18H,12-13H2,1-2H3,(H,20,21). The van der Waals surface area contributed by atoms with Gasteiger partial charge in [0.15, 0.2) is 6.10 Å². The maximum Gasteiger partial charge on any atom is 0.333 e. The molecule has 2 aromatic rings. The van der Waals surface area contributed by atoms with E-state index in [1.807, 2.05) is 42.5 Å². The second kappa shape index (κ2) is 7.76. The Morgan fingerprint density at radius 3 is 2.18 bits per heavy atom. The maximum absolute atomic E-state index is 11.4. The molecule has 0 spiro atoms. The van der Waals surface area contributed by atoms with Gasteiger partial charge in [-0.05, 0) is 22.6 Å². The van der Waals surface area contributed by atoms with Gasteiger partial charge in [-0.25, -0.2) is 4.79 Å². The van der Waals surface area contributed by atoms with Gasteiger partial charge >= 0.3 is 5.97 Å². The molecule has 0 amide bonds. The van der Waals surface area contributed by atoms with E-state index in [4.69, 9.17) is 4.74 Å². The molecule has 0 aliphatic heterocycles. The number of carbonyl (C=O) groups is 1. The van der Waals surface area contributed by atoms with Crippen LogP contribution in [-0.2, 0) is 22.6 Å². The van der Waals surface area contributed by atoms with Crippen molar-refractivity contribution in [1.29, 1.82) is 0 Å². The number of ether oxygens (including phenoxy) is 1. The molecule has 116 valence electrons. The topological polar surface area (TPSA) is 46.5 Å². The van der Waals surface area contributed by atoms with Gasteiger partial charge in [-0.2, -0.15) is 0 Å². The molecule has 1 atom stereocenters. The molecule has 0 heterocycles. The van der Waals surface area contributed by atoms with Gasteiger partial charge in [0.05, 0.1) is 6.61 Å². The SMILES string of the molecule is CC(C)c1ccc(CC(OCc2ccccc2)C(=O)O)cc1. The molecule has 0 aliphatic carbocycles. The van der Waals surface area contributed by atoms with Crippen LogP contribution >= 0.6 is 0 Å². The third-order valence-electron chi connectivity index (χ3n) is 3.64. The van der Waals surface area contributed by atoms with Crippen LogP contribution in [-0.4, -0.2) is 17.2 Å². The van der Waals surface area contributed by atoms with Crippen molar-refractivity contribution in [2.45, 2.75) is 38.9 Å². The van der Waals surface area contributed by atoms with Crippen molar-refractivity contribution in [3.05, 3.63) is 71.3 Å². The average Bonchev–Trinajstić information content (AvgIpc) is 2.52. The minimum absolute atomic E-state index is 0.307. The Balaban J connectivity index is 1.98. The third-order valence-corrected chi connectivity index (χ3v) is 3.64. The van der Waals surface area contributed by atoms with Gasteiger partial charge in [0.1, 0.15) is 0 Å². The third kappa shape index (κ3) is 4.71. The number of carboxylic acid groups (broad SMARTS) is 1. The highest BCUT2D eigenvalue weighted by atomic mass is 16.5. The van der Waals surface area contributed by atoms with Crippen molar-refractivity contribution in [1.82, 2.24) is 0 Å². The highest BCUT2D eigenvalue weighted by Crippen LogP contribution is 2.16. The van der Waals surface area contributed by atoms with Crippen molar-refractivity contribution in [2.75, 3.05) is 0 Å². The molecule has 2 rings (SSSR count). The molecule has 1 N–H and O–H groups in total. The molecule has 0 saturated carbocycles. The number of carboxylic acids is 1. The normalized spacial score (nSPS) is 12.3. The Labute approximate surface area is 131 Å². The first-order valence-electron chi connectivity index (χ1n) is 7.53. The molecule has 22 heavy (non-hydrogen) atoms. The first-order valence-corrected chi connectivity index (χ1v) is 7.53. The summed E-state index contributed by atoms with van der Waals surface area (Å²) in [6, 6.07) is 17.7.